The van der Waals surface area contributed by atoms with E-state index in [1.807, 2.05) is 6.07 Å². The van der Waals surface area contributed by atoms with Crippen LogP contribution in [-0.4, -0.2) is 73.1 Å². The van der Waals surface area contributed by atoms with Crippen molar-refractivity contribution >= 4 is 29.8 Å². The zero-order valence-corrected chi connectivity index (χ0v) is 35.2. The molecule has 2 aromatic carbocycles. The molecule has 56 heavy (non-hydrogen) atoms. The molecule has 3 aromatic rings. The maximum Gasteiger partial charge on any atom is 0.123 e. The van der Waals surface area contributed by atoms with Crippen LogP contribution in [0.2, 0.25) is 0 Å². The second kappa shape index (κ2) is 22.5. The van der Waals surface area contributed by atoms with Crippen molar-refractivity contribution in [3.63, 3.8) is 0 Å². The van der Waals surface area contributed by atoms with E-state index < -0.39 is 0 Å². The number of nitrogens with zero attached hydrogens (tertiary/aromatic N) is 3. The number of aliphatic imine (C=N–C) groups is 1. The lowest BCUT2D eigenvalue weighted by Gasteiger charge is -2.37. The Morgan fingerprint density at radius 1 is 1.09 bits per heavy atom. The van der Waals surface area contributed by atoms with Gasteiger partial charge in [0.15, 0.2) is 0 Å². The summed E-state index contributed by atoms with van der Waals surface area (Å²) in [6.07, 6.45) is 20.3. The highest BCUT2D eigenvalue weighted by molar-refractivity contribution is 5.96. The molecule has 0 spiro atoms. The smallest absolute Gasteiger partial charge is 0.123 e. The molecule has 0 saturated carbocycles. The number of fused-ring (bicyclic) bond motifs is 1. The monoisotopic (exact) mass is 763 g/mol. The van der Waals surface area contributed by atoms with Crippen molar-refractivity contribution in [2.24, 2.45) is 28.3 Å². The fourth-order valence-electron chi connectivity index (χ4n) is 8.67. The first-order valence-electron chi connectivity index (χ1n) is 20.8. The number of aromatic amines is 1. The number of hydrogen-bond donors (Lipinski definition) is 6. The minimum Gasteiger partial charge on any atom is -0.400 e. The van der Waals surface area contributed by atoms with Gasteiger partial charge in [-0.2, -0.15) is 0 Å². The molecular formula is C47H70N8O. The Hall–Kier alpha value is -4.28. The van der Waals surface area contributed by atoms with Crippen molar-refractivity contribution in [2.45, 2.75) is 103 Å². The van der Waals surface area contributed by atoms with Gasteiger partial charge in [-0.05, 0) is 137 Å². The van der Waals surface area contributed by atoms with Crippen molar-refractivity contribution in [2.75, 3.05) is 39.6 Å². The van der Waals surface area contributed by atoms with Crippen LogP contribution in [-0.2, 0) is 0 Å². The average Bonchev–Trinajstić information content (AvgIpc) is 3.89. The van der Waals surface area contributed by atoms with Crippen LogP contribution >= 0.6 is 0 Å². The number of nitrogens with two attached hydrogens (primary N) is 2. The molecule has 5 atom stereocenters. The summed E-state index contributed by atoms with van der Waals surface area (Å²) in [7, 11) is 4.69. The number of aliphatic hydroxyl groups is 1. The first kappa shape index (κ1) is 44.4. The molecule has 8 N–H and O–H groups in total. The lowest BCUT2D eigenvalue weighted by molar-refractivity contribution is 0.198. The maximum absolute atomic E-state index is 7.00. The molecule has 4 heterocycles. The number of benzene rings is 2. The van der Waals surface area contributed by atoms with Crippen molar-refractivity contribution < 1.29 is 5.11 Å². The number of aliphatic hydroxyl groups excluding tert-OH is 1. The molecule has 1 aliphatic carbocycles. The van der Waals surface area contributed by atoms with E-state index in [-0.39, 0.29) is 5.92 Å². The van der Waals surface area contributed by atoms with Gasteiger partial charge < -0.3 is 37.1 Å². The van der Waals surface area contributed by atoms with Crippen LogP contribution in [0, 0.1) is 11.8 Å². The lowest BCUT2D eigenvalue weighted by Crippen LogP contribution is -2.43. The summed E-state index contributed by atoms with van der Waals surface area (Å²) in [5.74, 6) is 2.75. The summed E-state index contributed by atoms with van der Waals surface area (Å²) in [5, 5.41) is 14.7. The van der Waals surface area contributed by atoms with Gasteiger partial charge in [-0.3, -0.25) is 4.99 Å². The molecule has 9 heteroatoms. The quantitative estimate of drug-likeness (QED) is 0.126. The van der Waals surface area contributed by atoms with Crippen molar-refractivity contribution in [3.05, 3.63) is 112 Å². The van der Waals surface area contributed by atoms with Crippen LogP contribution < -0.4 is 22.1 Å². The summed E-state index contributed by atoms with van der Waals surface area (Å²) in [6.45, 7) is 15.1. The molecule has 4 aliphatic rings. The Morgan fingerprint density at radius 2 is 1.86 bits per heavy atom. The number of piperidine rings is 1. The van der Waals surface area contributed by atoms with E-state index in [1.165, 1.54) is 73.7 Å². The Morgan fingerprint density at radius 3 is 2.50 bits per heavy atom. The van der Waals surface area contributed by atoms with Gasteiger partial charge >= 0.3 is 0 Å². The minimum absolute atomic E-state index is 0.270. The Bertz CT molecular complexity index is 1780. The van der Waals surface area contributed by atoms with E-state index in [0.717, 1.165) is 61.6 Å². The standard InChI is InChI=1S/C39H48N6.C6H13N.CH5N.CH4O/c1-5-31(25(2)3)36-12-9-13-37(44-36)39-43-24-38(45-39)29-14-16-32-27(20-29)18-19-42-35-17-15-28(34(40)23-41-4)21-30(35)22-33(32)26-10-7-6-8-11-26;1-6-4-3-5-7(6)2;2*1-2/h6-8,10-11,14-17,21-25,29,31,36-37,42,44H,4-5,9,12-13,18-20,40H2,1-3H3,(H,43,45);6H,3-5H2,1-2H3;2H2,1H3;2H,1H3/b33-22+,34-23-;;;. The predicted octanol–water partition coefficient (Wildman–Crippen LogP) is 8.91. The zero-order valence-electron chi connectivity index (χ0n) is 35.2. The summed E-state index contributed by atoms with van der Waals surface area (Å²) in [5.41, 5.74) is 21.0. The molecule has 2 fully saturated rings. The van der Waals surface area contributed by atoms with E-state index in [9.17, 15) is 0 Å². The lowest BCUT2D eigenvalue weighted by atomic mass is 9.81. The van der Waals surface area contributed by atoms with E-state index in [2.05, 4.69) is 140 Å². The topological polar surface area (TPSA) is 141 Å². The van der Waals surface area contributed by atoms with Gasteiger partial charge in [0.25, 0.3) is 0 Å². The summed E-state index contributed by atoms with van der Waals surface area (Å²) < 4.78 is 0. The third-order valence-electron chi connectivity index (χ3n) is 11.9. The highest BCUT2D eigenvalue weighted by Crippen LogP contribution is 2.41. The summed E-state index contributed by atoms with van der Waals surface area (Å²) in [6, 6.07) is 18.7. The fourth-order valence-corrected chi connectivity index (χ4v) is 8.67. The van der Waals surface area contributed by atoms with Gasteiger partial charge in [0, 0.05) is 55.4 Å². The number of anilines is 1. The highest BCUT2D eigenvalue weighted by Gasteiger charge is 2.31. The minimum atomic E-state index is 0.270. The second-order valence-corrected chi connectivity index (χ2v) is 15.6. The molecule has 5 unspecified atom stereocenters. The molecule has 2 saturated heterocycles. The normalized spacial score (nSPS) is 23.8. The van der Waals surface area contributed by atoms with Crippen LogP contribution in [0.25, 0.3) is 17.3 Å². The van der Waals surface area contributed by atoms with Gasteiger partial charge in [-0.25, -0.2) is 4.98 Å². The number of allylic oxidation sites excluding steroid dienone is 4. The molecule has 1 aromatic heterocycles. The fraction of sp³-hybridized carbons (Fsp3) is 0.489. The van der Waals surface area contributed by atoms with Crippen LogP contribution in [0.3, 0.4) is 0 Å². The van der Waals surface area contributed by atoms with Crippen LogP contribution in [0.5, 0.6) is 0 Å². The van der Waals surface area contributed by atoms with Gasteiger partial charge in [0.2, 0.25) is 0 Å². The van der Waals surface area contributed by atoms with E-state index >= 15 is 0 Å². The molecule has 7 rings (SSSR count). The first-order chi connectivity index (χ1) is 27.2. The summed E-state index contributed by atoms with van der Waals surface area (Å²) in [4.78, 5) is 15.0. The third kappa shape index (κ3) is 11.4. The Balaban J connectivity index is 0.000000558. The molecule has 0 radical (unpaired) electrons. The Labute approximate surface area is 337 Å². The summed E-state index contributed by atoms with van der Waals surface area (Å²) >= 11 is 0. The predicted molar refractivity (Wildman–Crippen MR) is 239 cm³/mol. The third-order valence-corrected chi connectivity index (χ3v) is 11.9. The highest BCUT2D eigenvalue weighted by atomic mass is 16.2. The Kier molecular flexibility index (Phi) is 17.8. The first-order valence-corrected chi connectivity index (χ1v) is 20.8. The number of aromatic nitrogens is 2. The maximum atomic E-state index is 7.00. The van der Waals surface area contributed by atoms with Crippen molar-refractivity contribution in [1.82, 2.24) is 20.2 Å². The SMILES string of the molecule is C=N/C=C(\N)c1ccc2c(c1)/C=C(\c1ccccc1)C1=C(CCN2)CC(c2cnc(C3CCCC(C(CC)C(C)C)N3)[nH]2)C=C1.CC1CCCN1C.CN.CO. The molecule has 304 valence electrons. The van der Waals surface area contributed by atoms with E-state index in [4.69, 9.17) is 15.8 Å². The molecule has 0 amide bonds. The van der Waals surface area contributed by atoms with Gasteiger partial charge in [0.05, 0.1) is 11.7 Å². The molecule has 0 bridgehead atoms. The number of rotatable bonds is 8. The van der Waals surface area contributed by atoms with Gasteiger partial charge in [-0.15, -0.1) is 0 Å². The largest absolute Gasteiger partial charge is 0.400 e. The number of imidazole rings is 1. The average molecular weight is 763 g/mol. The van der Waals surface area contributed by atoms with Gasteiger partial charge in [0.1, 0.15) is 5.82 Å². The number of hydrogen-bond acceptors (Lipinski definition) is 8. The number of nitrogens with one attached hydrogen (secondary N) is 3. The van der Waals surface area contributed by atoms with Crippen LogP contribution in [0.4, 0.5) is 5.69 Å². The molecular weight excluding hydrogens is 693 g/mol. The number of likely N-dealkylation sites (tertiary alicyclic amines) is 1. The van der Waals surface area contributed by atoms with E-state index in [1.54, 1.807) is 6.20 Å². The second-order valence-electron chi connectivity index (χ2n) is 15.6. The zero-order chi connectivity index (χ0) is 40.6. The van der Waals surface area contributed by atoms with Crippen molar-refractivity contribution in [3.8, 4) is 0 Å². The van der Waals surface area contributed by atoms with E-state index in [0.29, 0.717) is 29.6 Å². The number of H-pyrrole nitrogens is 1. The van der Waals surface area contributed by atoms with Crippen LogP contribution in [0.1, 0.15) is 119 Å². The molecule has 3 aliphatic heterocycles. The van der Waals surface area contributed by atoms with Gasteiger partial charge in [-0.1, -0.05) is 81.3 Å². The van der Waals surface area contributed by atoms with Crippen LogP contribution in [0.15, 0.2) is 89.2 Å². The van der Waals surface area contributed by atoms with Crippen molar-refractivity contribution in [1.29, 1.82) is 0 Å². The molecule has 9 nitrogen and oxygen atoms in total.